The van der Waals surface area contributed by atoms with Gasteiger partial charge in [0.1, 0.15) is 0 Å². The third-order valence-electron chi connectivity index (χ3n) is 5.55. The third kappa shape index (κ3) is 5.22. The van der Waals surface area contributed by atoms with Crippen LogP contribution < -0.4 is 0 Å². The molecule has 2 aromatic rings. The second-order valence-corrected chi connectivity index (χ2v) is 10.1. The molecule has 1 aliphatic rings. The second kappa shape index (κ2) is 9.06. The maximum atomic E-state index is 12.8. The van der Waals surface area contributed by atoms with Crippen molar-refractivity contribution in [2.75, 3.05) is 13.1 Å². The molecule has 0 N–H and O–H groups in total. The molecule has 0 aliphatic carbocycles. The van der Waals surface area contributed by atoms with Crippen LogP contribution in [0, 0.1) is 5.92 Å². The van der Waals surface area contributed by atoms with E-state index in [1.165, 1.54) is 23.8 Å². The molecule has 4 nitrogen and oxygen atoms in total. The van der Waals surface area contributed by atoms with Gasteiger partial charge in [0.15, 0.2) is 5.78 Å². The molecule has 0 unspecified atom stereocenters. The van der Waals surface area contributed by atoms with E-state index in [1.807, 2.05) is 12.1 Å². The fourth-order valence-electron chi connectivity index (χ4n) is 3.43. The number of ketones is 1. The lowest BCUT2D eigenvalue weighted by atomic mass is 10.0. The van der Waals surface area contributed by atoms with Crippen molar-refractivity contribution >= 4 is 21.9 Å². The SMILES string of the molecule is CC1CCN(S(=O)(=O)c2ccc(C(=O)C=Cc3ccc(C(C)C)cc3)cc2)CC1. The highest BCUT2D eigenvalue weighted by molar-refractivity contribution is 7.89. The zero-order valence-electron chi connectivity index (χ0n) is 17.3. The molecule has 5 heteroatoms. The molecule has 0 bridgehead atoms. The first-order valence-corrected chi connectivity index (χ1v) is 11.6. The van der Waals surface area contributed by atoms with E-state index in [0.29, 0.717) is 30.5 Å². The van der Waals surface area contributed by atoms with Crippen molar-refractivity contribution in [3.63, 3.8) is 0 Å². The first-order valence-electron chi connectivity index (χ1n) is 10.2. The lowest BCUT2D eigenvalue weighted by Crippen LogP contribution is -2.37. The van der Waals surface area contributed by atoms with Gasteiger partial charge >= 0.3 is 0 Å². The molecule has 0 spiro atoms. The van der Waals surface area contributed by atoms with Gasteiger partial charge in [0.2, 0.25) is 10.0 Å². The van der Waals surface area contributed by atoms with Crippen molar-refractivity contribution in [3.05, 3.63) is 71.3 Å². The van der Waals surface area contributed by atoms with Crippen molar-refractivity contribution in [3.8, 4) is 0 Å². The predicted molar refractivity (Wildman–Crippen MR) is 117 cm³/mol. The van der Waals surface area contributed by atoms with Gasteiger partial charge in [-0.25, -0.2) is 8.42 Å². The Morgan fingerprint density at radius 1 is 1.00 bits per heavy atom. The average Bonchev–Trinajstić information content (AvgIpc) is 2.72. The van der Waals surface area contributed by atoms with E-state index in [2.05, 4.69) is 32.9 Å². The van der Waals surface area contributed by atoms with E-state index in [0.717, 1.165) is 18.4 Å². The molecule has 1 heterocycles. The van der Waals surface area contributed by atoms with Crippen LogP contribution in [-0.4, -0.2) is 31.6 Å². The monoisotopic (exact) mass is 411 g/mol. The van der Waals surface area contributed by atoms with Crippen LogP contribution in [0.25, 0.3) is 6.08 Å². The Morgan fingerprint density at radius 3 is 2.14 bits per heavy atom. The van der Waals surface area contributed by atoms with Crippen LogP contribution in [0.3, 0.4) is 0 Å². The van der Waals surface area contributed by atoms with E-state index in [-0.39, 0.29) is 10.7 Å². The molecule has 0 radical (unpaired) electrons. The Bertz CT molecular complexity index is 966. The summed E-state index contributed by atoms with van der Waals surface area (Å²) in [7, 11) is -3.49. The van der Waals surface area contributed by atoms with E-state index < -0.39 is 10.0 Å². The fourth-order valence-corrected chi connectivity index (χ4v) is 4.90. The van der Waals surface area contributed by atoms with E-state index in [4.69, 9.17) is 0 Å². The summed E-state index contributed by atoms with van der Waals surface area (Å²) < 4.78 is 27.1. The van der Waals surface area contributed by atoms with Crippen molar-refractivity contribution in [2.45, 2.75) is 44.4 Å². The summed E-state index contributed by atoms with van der Waals surface area (Å²) in [5.74, 6) is 0.890. The summed E-state index contributed by atoms with van der Waals surface area (Å²) in [6.07, 6.45) is 5.09. The first-order chi connectivity index (χ1) is 13.8. The highest BCUT2D eigenvalue weighted by Crippen LogP contribution is 2.24. The minimum atomic E-state index is -3.49. The lowest BCUT2D eigenvalue weighted by Gasteiger charge is -2.29. The fraction of sp³-hybridized carbons (Fsp3) is 0.375. The van der Waals surface area contributed by atoms with Gasteiger partial charge in [-0.05, 0) is 66.1 Å². The molecular formula is C24H29NO3S. The van der Waals surface area contributed by atoms with Gasteiger partial charge in [0.25, 0.3) is 0 Å². The number of hydrogen-bond acceptors (Lipinski definition) is 3. The molecule has 1 saturated heterocycles. The molecule has 154 valence electrons. The predicted octanol–water partition coefficient (Wildman–Crippen LogP) is 5.13. The number of carbonyl (C=O) groups is 1. The van der Waals surface area contributed by atoms with Gasteiger partial charge in [-0.1, -0.05) is 51.1 Å². The highest BCUT2D eigenvalue weighted by Gasteiger charge is 2.27. The molecule has 0 atom stereocenters. The largest absolute Gasteiger partial charge is 0.289 e. The zero-order valence-corrected chi connectivity index (χ0v) is 18.2. The Hall–Kier alpha value is -2.24. The van der Waals surface area contributed by atoms with Gasteiger partial charge in [-0.3, -0.25) is 4.79 Å². The summed E-state index contributed by atoms with van der Waals surface area (Å²) in [5, 5.41) is 0. The summed E-state index contributed by atoms with van der Waals surface area (Å²) in [6, 6.07) is 14.4. The molecule has 2 aromatic carbocycles. The minimum Gasteiger partial charge on any atom is -0.289 e. The lowest BCUT2D eigenvalue weighted by molar-refractivity contribution is 0.104. The third-order valence-corrected chi connectivity index (χ3v) is 7.46. The summed E-state index contributed by atoms with van der Waals surface area (Å²) in [5.41, 5.74) is 2.70. The number of piperidine rings is 1. The molecule has 29 heavy (non-hydrogen) atoms. The molecule has 0 amide bonds. The maximum Gasteiger partial charge on any atom is 0.243 e. The van der Waals surface area contributed by atoms with Crippen molar-refractivity contribution < 1.29 is 13.2 Å². The average molecular weight is 412 g/mol. The van der Waals surface area contributed by atoms with Gasteiger partial charge in [0, 0.05) is 18.7 Å². The van der Waals surface area contributed by atoms with Crippen LogP contribution in [0.15, 0.2) is 59.5 Å². The minimum absolute atomic E-state index is 0.145. The van der Waals surface area contributed by atoms with Crippen molar-refractivity contribution in [1.82, 2.24) is 4.31 Å². The number of nitrogens with zero attached hydrogens (tertiary/aromatic N) is 1. The molecule has 1 aliphatic heterocycles. The van der Waals surface area contributed by atoms with E-state index >= 15 is 0 Å². The highest BCUT2D eigenvalue weighted by atomic mass is 32.2. The van der Waals surface area contributed by atoms with E-state index in [9.17, 15) is 13.2 Å². The summed E-state index contributed by atoms with van der Waals surface area (Å²) in [4.78, 5) is 12.7. The summed E-state index contributed by atoms with van der Waals surface area (Å²) >= 11 is 0. The van der Waals surface area contributed by atoms with Crippen LogP contribution in [-0.2, 0) is 10.0 Å². The number of hydrogen-bond donors (Lipinski definition) is 0. The Morgan fingerprint density at radius 2 is 1.59 bits per heavy atom. The van der Waals surface area contributed by atoms with Crippen molar-refractivity contribution in [1.29, 1.82) is 0 Å². The normalized spacial score (nSPS) is 16.6. The standard InChI is InChI=1S/C24H29NO3S/c1-18(2)21-7-4-20(5-8-21)6-13-24(26)22-9-11-23(12-10-22)29(27,28)25-16-14-19(3)15-17-25/h4-13,18-19H,14-17H2,1-3H3. The van der Waals surface area contributed by atoms with Crippen LogP contribution in [0.1, 0.15) is 61.0 Å². The molecule has 1 fully saturated rings. The second-order valence-electron chi connectivity index (χ2n) is 8.13. The van der Waals surface area contributed by atoms with Crippen LogP contribution in [0.2, 0.25) is 0 Å². The first kappa shape index (κ1) is 21.5. The molecular weight excluding hydrogens is 382 g/mol. The quantitative estimate of drug-likeness (QED) is 0.489. The smallest absolute Gasteiger partial charge is 0.243 e. The zero-order chi connectivity index (χ0) is 21.0. The van der Waals surface area contributed by atoms with Crippen LogP contribution in [0.4, 0.5) is 0 Å². The topological polar surface area (TPSA) is 54.5 Å². The number of carbonyl (C=O) groups excluding carboxylic acids is 1. The van der Waals surface area contributed by atoms with Gasteiger partial charge in [0.05, 0.1) is 4.90 Å². The molecule has 0 saturated carbocycles. The Kier molecular flexibility index (Phi) is 6.70. The number of allylic oxidation sites excluding steroid dienone is 1. The van der Waals surface area contributed by atoms with Crippen LogP contribution in [0.5, 0.6) is 0 Å². The van der Waals surface area contributed by atoms with Gasteiger partial charge in [-0.2, -0.15) is 4.31 Å². The Labute approximate surface area is 174 Å². The van der Waals surface area contributed by atoms with E-state index in [1.54, 1.807) is 22.5 Å². The maximum absolute atomic E-state index is 12.8. The Balaban J connectivity index is 1.68. The molecule has 0 aromatic heterocycles. The number of benzene rings is 2. The molecule has 3 rings (SSSR count). The van der Waals surface area contributed by atoms with Gasteiger partial charge < -0.3 is 0 Å². The van der Waals surface area contributed by atoms with Gasteiger partial charge in [-0.15, -0.1) is 0 Å². The summed E-state index contributed by atoms with van der Waals surface area (Å²) in [6.45, 7) is 7.55. The number of sulfonamides is 1. The number of rotatable bonds is 6. The van der Waals surface area contributed by atoms with Crippen molar-refractivity contribution in [2.24, 2.45) is 5.92 Å². The van der Waals surface area contributed by atoms with Crippen LogP contribution >= 0.6 is 0 Å².